The van der Waals surface area contributed by atoms with Crippen molar-refractivity contribution in [2.75, 3.05) is 0 Å². The van der Waals surface area contributed by atoms with Crippen molar-refractivity contribution < 1.29 is 9.53 Å². The minimum atomic E-state index is 0.0783. The molecule has 3 heteroatoms. The Labute approximate surface area is 98.8 Å². The molecule has 1 rings (SSSR count). The monoisotopic (exact) mass is 270 g/mol. The van der Waals surface area contributed by atoms with Crippen LogP contribution in [-0.2, 0) is 6.42 Å². The summed E-state index contributed by atoms with van der Waals surface area (Å²) in [5, 5.41) is 0. The Morgan fingerprint density at radius 3 is 2.60 bits per heavy atom. The highest BCUT2D eigenvalue weighted by molar-refractivity contribution is 9.10. The molecule has 0 saturated heterocycles. The first-order valence-electron chi connectivity index (χ1n) is 5.02. The van der Waals surface area contributed by atoms with E-state index >= 15 is 0 Å². The van der Waals surface area contributed by atoms with E-state index in [1.54, 1.807) is 0 Å². The van der Waals surface area contributed by atoms with Crippen molar-refractivity contribution in [3.8, 4) is 5.75 Å². The molecule has 0 radical (unpaired) electrons. The van der Waals surface area contributed by atoms with Gasteiger partial charge in [0.05, 0.1) is 11.7 Å². The minimum Gasteiger partial charge on any atom is -0.490 e. The molecule has 2 nitrogen and oxygen atoms in total. The summed E-state index contributed by atoms with van der Waals surface area (Å²) in [5.74, 6) is 0.667. The van der Waals surface area contributed by atoms with Gasteiger partial charge in [-0.15, -0.1) is 0 Å². The third kappa shape index (κ3) is 3.06. The van der Waals surface area contributed by atoms with E-state index < -0.39 is 0 Å². The van der Waals surface area contributed by atoms with Crippen molar-refractivity contribution in [1.82, 2.24) is 0 Å². The molecule has 0 bridgehead atoms. The van der Waals surface area contributed by atoms with Crippen LogP contribution in [0.4, 0.5) is 0 Å². The van der Waals surface area contributed by atoms with E-state index in [9.17, 15) is 4.79 Å². The molecule has 82 valence electrons. The number of benzene rings is 1. The van der Waals surface area contributed by atoms with Gasteiger partial charge in [0, 0.05) is 4.47 Å². The minimum absolute atomic E-state index is 0.0783. The Kier molecular flexibility index (Phi) is 4.33. The van der Waals surface area contributed by atoms with Crippen molar-refractivity contribution in [2.45, 2.75) is 33.3 Å². The first-order chi connectivity index (χ1) is 7.08. The molecular formula is C12H15BrO2. The number of carbonyl (C=O) groups is 1. The lowest BCUT2D eigenvalue weighted by Gasteiger charge is -2.13. The number of ether oxygens (including phenoxy) is 1. The third-order valence-corrected chi connectivity index (χ3v) is 2.79. The molecule has 0 amide bonds. The van der Waals surface area contributed by atoms with Gasteiger partial charge in [-0.1, -0.05) is 22.9 Å². The Bertz CT molecular complexity index is 359. The van der Waals surface area contributed by atoms with Crippen LogP contribution >= 0.6 is 15.9 Å². The number of aryl methyl sites for hydroxylation is 1. The fraction of sp³-hybridized carbons (Fsp3) is 0.417. The maximum Gasteiger partial charge on any atom is 0.153 e. The first kappa shape index (κ1) is 12.2. The first-order valence-corrected chi connectivity index (χ1v) is 5.82. The quantitative estimate of drug-likeness (QED) is 0.782. The molecule has 0 aliphatic heterocycles. The topological polar surface area (TPSA) is 26.3 Å². The standard InChI is InChI=1S/C12H15BrO2/c1-4-9-6-12(15-8(2)3)10(7-14)5-11(9)13/h5-8H,4H2,1-3H3. The molecule has 0 spiro atoms. The van der Waals surface area contributed by atoms with Crippen LogP contribution in [0.25, 0.3) is 0 Å². The second-order valence-electron chi connectivity index (χ2n) is 3.62. The summed E-state index contributed by atoms with van der Waals surface area (Å²) in [4.78, 5) is 10.9. The second-order valence-corrected chi connectivity index (χ2v) is 4.47. The molecule has 0 aliphatic carbocycles. The number of hydrogen-bond donors (Lipinski definition) is 0. The van der Waals surface area contributed by atoms with Gasteiger partial charge in [-0.3, -0.25) is 4.79 Å². The Morgan fingerprint density at radius 2 is 2.13 bits per heavy atom. The zero-order chi connectivity index (χ0) is 11.4. The molecule has 1 aromatic carbocycles. The van der Waals surface area contributed by atoms with Gasteiger partial charge < -0.3 is 4.74 Å². The van der Waals surface area contributed by atoms with Crippen LogP contribution in [0, 0.1) is 0 Å². The van der Waals surface area contributed by atoms with Crippen molar-refractivity contribution in [2.24, 2.45) is 0 Å². The predicted octanol–water partition coefficient (Wildman–Crippen LogP) is 3.61. The van der Waals surface area contributed by atoms with Gasteiger partial charge in [-0.2, -0.15) is 0 Å². The summed E-state index contributed by atoms with van der Waals surface area (Å²) < 4.78 is 6.54. The lowest BCUT2D eigenvalue weighted by molar-refractivity contribution is 0.111. The lowest BCUT2D eigenvalue weighted by Crippen LogP contribution is -2.08. The van der Waals surface area contributed by atoms with Gasteiger partial charge in [-0.05, 0) is 38.0 Å². The van der Waals surface area contributed by atoms with Crippen molar-refractivity contribution in [3.05, 3.63) is 27.7 Å². The zero-order valence-corrected chi connectivity index (χ0v) is 10.8. The summed E-state index contributed by atoms with van der Waals surface area (Å²) in [7, 11) is 0. The largest absolute Gasteiger partial charge is 0.490 e. The maximum absolute atomic E-state index is 10.9. The number of hydrogen-bond acceptors (Lipinski definition) is 2. The molecule has 0 atom stereocenters. The van der Waals surface area contributed by atoms with Crippen LogP contribution in [0.2, 0.25) is 0 Å². The second kappa shape index (κ2) is 5.31. The molecule has 0 N–H and O–H groups in total. The highest BCUT2D eigenvalue weighted by atomic mass is 79.9. The lowest BCUT2D eigenvalue weighted by atomic mass is 10.1. The fourth-order valence-electron chi connectivity index (χ4n) is 1.33. The zero-order valence-electron chi connectivity index (χ0n) is 9.21. The molecule has 0 saturated carbocycles. The molecule has 0 heterocycles. The summed E-state index contributed by atoms with van der Waals surface area (Å²) in [5.41, 5.74) is 1.74. The SMILES string of the molecule is CCc1cc(OC(C)C)c(C=O)cc1Br. The van der Waals surface area contributed by atoms with E-state index in [-0.39, 0.29) is 6.10 Å². The Balaban J connectivity index is 3.16. The van der Waals surface area contributed by atoms with Gasteiger partial charge >= 0.3 is 0 Å². The maximum atomic E-state index is 10.9. The molecule has 0 fully saturated rings. The molecule has 15 heavy (non-hydrogen) atoms. The summed E-state index contributed by atoms with van der Waals surface area (Å²) in [6.07, 6.45) is 1.81. The van der Waals surface area contributed by atoms with E-state index in [4.69, 9.17) is 4.74 Å². The summed E-state index contributed by atoms with van der Waals surface area (Å²) in [6.45, 7) is 5.96. The van der Waals surface area contributed by atoms with Crippen LogP contribution in [0.5, 0.6) is 5.75 Å². The Morgan fingerprint density at radius 1 is 1.47 bits per heavy atom. The number of carbonyl (C=O) groups excluding carboxylic acids is 1. The van der Waals surface area contributed by atoms with E-state index in [0.29, 0.717) is 11.3 Å². The average molecular weight is 271 g/mol. The molecule has 0 aliphatic rings. The average Bonchev–Trinajstić information content (AvgIpc) is 2.19. The van der Waals surface area contributed by atoms with Crippen LogP contribution in [-0.4, -0.2) is 12.4 Å². The predicted molar refractivity (Wildman–Crippen MR) is 64.7 cm³/mol. The van der Waals surface area contributed by atoms with Crippen molar-refractivity contribution >= 4 is 22.2 Å². The van der Waals surface area contributed by atoms with Crippen molar-refractivity contribution in [1.29, 1.82) is 0 Å². The number of rotatable bonds is 4. The van der Waals surface area contributed by atoms with Gasteiger partial charge in [0.25, 0.3) is 0 Å². The summed E-state index contributed by atoms with van der Waals surface area (Å²) >= 11 is 3.43. The van der Waals surface area contributed by atoms with Crippen molar-refractivity contribution in [3.63, 3.8) is 0 Å². The van der Waals surface area contributed by atoms with Gasteiger partial charge in [0.15, 0.2) is 6.29 Å². The van der Waals surface area contributed by atoms with Gasteiger partial charge in [-0.25, -0.2) is 0 Å². The molecular weight excluding hydrogens is 256 g/mol. The van der Waals surface area contributed by atoms with E-state index in [1.807, 2.05) is 26.0 Å². The number of aldehydes is 1. The fourth-order valence-corrected chi connectivity index (χ4v) is 1.97. The van der Waals surface area contributed by atoms with Gasteiger partial charge in [0.1, 0.15) is 5.75 Å². The molecule has 0 unspecified atom stereocenters. The van der Waals surface area contributed by atoms with Crippen LogP contribution < -0.4 is 4.74 Å². The number of halogens is 1. The summed E-state index contributed by atoms with van der Waals surface area (Å²) in [6, 6.07) is 3.73. The normalized spacial score (nSPS) is 10.5. The van der Waals surface area contributed by atoms with E-state index in [1.165, 1.54) is 0 Å². The van der Waals surface area contributed by atoms with Gasteiger partial charge in [0.2, 0.25) is 0 Å². The highest BCUT2D eigenvalue weighted by Gasteiger charge is 2.09. The van der Waals surface area contributed by atoms with Crippen LogP contribution in [0.15, 0.2) is 16.6 Å². The molecule has 1 aromatic rings. The smallest absolute Gasteiger partial charge is 0.153 e. The van der Waals surface area contributed by atoms with E-state index in [2.05, 4.69) is 22.9 Å². The Hall–Kier alpha value is -0.830. The third-order valence-electron chi connectivity index (χ3n) is 2.05. The molecule has 0 aromatic heterocycles. The van der Waals surface area contributed by atoms with E-state index in [0.717, 1.165) is 22.7 Å². The highest BCUT2D eigenvalue weighted by Crippen LogP contribution is 2.27. The van der Waals surface area contributed by atoms with Crippen LogP contribution in [0.3, 0.4) is 0 Å². The van der Waals surface area contributed by atoms with Crippen LogP contribution in [0.1, 0.15) is 36.7 Å².